The monoisotopic (exact) mass is 284 g/mol. The molecule has 0 spiro atoms. The largest absolute Gasteiger partial charge is 0.384 e. The van der Waals surface area contributed by atoms with Crippen LogP contribution in [0.5, 0.6) is 0 Å². The zero-order valence-corrected chi connectivity index (χ0v) is 11.9. The summed E-state index contributed by atoms with van der Waals surface area (Å²) in [5.41, 5.74) is 5.94. The summed E-state index contributed by atoms with van der Waals surface area (Å²) in [6, 6.07) is 5.55. The van der Waals surface area contributed by atoms with Crippen molar-refractivity contribution in [2.45, 2.75) is 25.8 Å². The molecule has 3 N–H and O–H groups in total. The van der Waals surface area contributed by atoms with Crippen molar-refractivity contribution in [2.24, 2.45) is 0 Å². The van der Waals surface area contributed by atoms with E-state index in [4.69, 9.17) is 5.73 Å². The molecule has 19 heavy (non-hydrogen) atoms. The van der Waals surface area contributed by atoms with E-state index in [0.29, 0.717) is 24.1 Å². The van der Waals surface area contributed by atoms with Gasteiger partial charge in [-0.05, 0) is 38.1 Å². The number of halogens is 1. The number of aromatic nitrogens is 1. The second-order valence-corrected chi connectivity index (χ2v) is 4.58. The molecule has 1 aliphatic rings. The van der Waals surface area contributed by atoms with Gasteiger partial charge >= 0.3 is 0 Å². The van der Waals surface area contributed by atoms with E-state index >= 15 is 0 Å². The average molecular weight is 285 g/mol. The van der Waals surface area contributed by atoms with E-state index in [-0.39, 0.29) is 18.3 Å². The number of pyridine rings is 1. The van der Waals surface area contributed by atoms with E-state index in [1.54, 1.807) is 18.2 Å². The summed E-state index contributed by atoms with van der Waals surface area (Å²) in [6.45, 7) is 5.01. The van der Waals surface area contributed by atoms with Gasteiger partial charge in [0.1, 0.15) is 11.5 Å². The van der Waals surface area contributed by atoms with Crippen molar-refractivity contribution >= 4 is 24.1 Å². The van der Waals surface area contributed by atoms with Gasteiger partial charge in [-0.15, -0.1) is 12.4 Å². The van der Waals surface area contributed by atoms with Crippen LogP contribution in [0.2, 0.25) is 0 Å². The molecule has 1 saturated heterocycles. The molecule has 106 valence electrons. The van der Waals surface area contributed by atoms with Gasteiger partial charge in [0.25, 0.3) is 5.91 Å². The molecule has 0 aromatic carbocycles. The predicted molar refractivity (Wildman–Crippen MR) is 78.5 cm³/mol. The number of rotatable bonds is 4. The minimum Gasteiger partial charge on any atom is -0.384 e. The number of likely N-dealkylation sites (N-methyl/N-ethyl adjacent to an activating group) is 1. The molecule has 1 aliphatic heterocycles. The molecule has 1 amide bonds. The van der Waals surface area contributed by atoms with Gasteiger partial charge in [0.05, 0.1) is 0 Å². The maximum Gasteiger partial charge on any atom is 0.270 e. The Morgan fingerprint density at radius 1 is 1.58 bits per heavy atom. The topological polar surface area (TPSA) is 71.2 Å². The van der Waals surface area contributed by atoms with Gasteiger partial charge in [0.2, 0.25) is 0 Å². The number of nitrogens with two attached hydrogens (primary N) is 1. The van der Waals surface area contributed by atoms with Crippen molar-refractivity contribution in [3.8, 4) is 0 Å². The maximum absolute atomic E-state index is 11.9. The van der Waals surface area contributed by atoms with E-state index in [1.165, 1.54) is 6.42 Å². The van der Waals surface area contributed by atoms with Crippen LogP contribution < -0.4 is 11.1 Å². The lowest BCUT2D eigenvalue weighted by Gasteiger charge is -2.22. The highest BCUT2D eigenvalue weighted by Crippen LogP contribution is 2.15. The van der Waals surface area contributed by atoms with Crippen LogP contribution in [0.15, 0.2) is 18.2 Å². The Balaban J connectivity index is 0.00000180. The standard InChI is InChI=1S/C13H20N4O.ClH/c1-2-17-8-4-5-10(17)9-15-13(18)11-6-3-7-12(14)16-11;/h3,6-7,10H,2,4-5,8-9H2,1H3,(H2,14,16)(H,15,18);1H. The SMILES string of the molecule is CCN1CCCC1CNC(=O)c1cccc(N)n1.Cl. The maximum atomic E-state index is 11.9. The van der Waals surface area contributed by atoms with Gasteiger partial charge in [-0.1, -0.05) is 13.0 Å². The van der Waals surface area contributed by atoms with Crippen molar-refractivity contribution < 1.29 is 4.79 Å². The van der Waals surface area contributed by atoms with E-state index in [9.17, 15) is 4.79 Å². The van der Waals surface area contributed by atoms with Crippen LogP contribution in [0.25, 0.3) is 0 Å². The Hall–Kier alpha value is -1.33. The average Bonchev–Trinajstić information content (AvgIpc) is 2.83. The molecule has 1 unspecified atom stereocenters. The Morgan fingerprint density at radius 3 is 3.05 bits per heavy atom. The summed E-state index contributed by atoms with van der Waals surface area (Å²) >= 11 is 0. The fraction of sp³-hybridized carbons (Fsp3) is 0.538. The molecule has 5 nitrogen and oxygen atoms in total. The number of carbonyl (C=O) groups is 1. The quantitative estimate of drug-likeness (QED) is 0.874. The molecule has 0 bridgehead atoms. The molecule has 2 rings (SSSR count). The van der Waals surface area contributed by atoms with Gasteiger partial charge in [-0.2, -0.15) is 0 Å². The predicted octanol–water partition coefficient (Wildman–Crippen LogP) is 1.30. The fourth-order valence-corrected chi connectivity index (χ4v) is 2.42. The van der Waals surface area contributed by atoms with Crippen LogP contribution in [0.3, 0.4) is 0 Å². The summed E-state index contributed by atoms with van der Waals surface area (Å²) in [4.78, 5) is 18.3. The first-order valence-corrected chi connectivity index (χ1v) is 6.45. The van der Waals surface area contributed by atoms with Crippen molar-refractivity contribution in [2.75, 3.05) is 25.4 Å². The van der Waals surface area contributed by atoms with Crippen molar-refractivity contribution in [1.82, 2.24) is 15.2 Å². The van der Waals surface area contributed by atoms with Gasteiger partial charge in [0.15, 0.2) is 0 Å². The van der Waals surface area contributed by atoms with Crippen LogP contribution in [0.4, 0.5) is 5.82 Å². The number of carbonyl (C=O) groups excluding carboxylic acids is 1. The molecule has 1 aromatic heterocycles. The van der Waals surface area contributed by atoms with Gasteiger partial charge in [0, 0.05) is 12.6 Å². The number of amides is 1. The van der Waals surface area contributed by atoms with Crippen molar-refractivity contribution in [3.63, 3.8) is 0 Å². The van der Waals surface area contributed by atoms with Crippen LogP contribution in [0, 0.1) is 0 Å². The summed E-state index contributed by atoms with van der Waals surface area (Å²) in [7, 11) is 0. The fourth-order valence-electron chi connectivity index (χ4n) is 2.42. The Morgan fingerprint density at radius 2 is 2.37 bits per heavy atom. The van der Waals surface area contributed by atoms with Crippen molar-refractivity contribution in [1.29, 1.82) is 0 Å². The third kappa shape index (κ3) is 4.08. The molecule has 0 radical (unpaired) electrons. The summed E-state index contributed by atoms with van der Waals surface area (Å²) in [6.07, 6.45) is 2.36. The summed E-state index contributed by atoms with van der Waals surface area (Å²) in [5, 5.41) is 2.93. The molecule has 1 atom stereocenters. The number of hydrogen-bond acceptors (Lipinski definition) is 4. The lowest BCUT2D eigenvalue weighted by Crippen LogP contribution is -2.40. The normalized spacial score (nSPS) is 18.9. The van der Waals surface area contributed by atoms with Crippen LogP contribution in [-0.2, 0) is 0 Å². The van der Waals surface area contributed by atoms with E-state index in [0.717, 1.165) is 19.5 Å². The lowest BCUT2D eigenvalue weighted by atomic mass is 10.2. The minimum absolute atomic E-state index is 0. The van der Waals surface area contributed by atoms with E-state index in [2.05, 4.69) is 22.1 Å². The smallest absolute Gasteiger partial charge is 0.270 e. The van der Waals surface area contributed by atoms with Gasteiger partial charge in [-0.3, -0.25) is 9.69 Å². The first kappa shape index (κ1) is 15.7. The second kappa shape index (κ2) is 7.31. The molecule has 1 fully saturated rings. The van der Waals surface area contributed by atoms with Crippen LogP contribution in [-0.4, -0.2) is 41.5 Å². The number of nitrogens with one attached hydrogen (secondary N) is 1. The molecule has 2 heterocycles. The third-order valence-corrected chi connectivity index (χ3v) is 3.41. The number of nitrogens with zero attached hydrogens (tertiary/aromatic N) is 2. The van der Waals surface area contributed by atoms with Gasteiger partial charge in [-0.25, -0.2) is 4.98 Å². The second-order valence-electron chi connectivity index (χ2n) is 4.58. The van der Waals surface area contributed by atoms with Crippen LogP contribution >= 0.6 is 12.4 Å². The van der Waals surface area contributed by atoms with E-state index in [1.807, 2.05) is 0 Å². The molecular formula is C13H21ClN4O. The zero-order chi connectivity index (χ0) is 13.0. The Labute approximate surface area is 120 Å². The molecule has 6 heteroatoms. The number of likely N-dealkylation sites (tertiary alicyclic amines) is 1. The number of nitrogen functional groups attached to an aromatic ring is 1. The number of hydrogen-bond donors (Lipinski definition) is 2. The highest BCUT2D eigenvalue weighted by atomic mass is 35.5. The summed E-state index contributed by atoms with van der Waals surface area (Å²) < 4.78 is 0. The number of anilines is 1. The highest BCUT2D eigenvalue weighted by molar-refractivity contribution is 5.92. The zero-order valence-electron chi connectivity index (χ0n) is 11.1. The molecule has 0 aliphatic carbocycles. The lowest BCUT2D eigenvalue weighted by molar-refractivity contribution is 0.0936. The Bertz CT molecular complexity index is 427. The minimum atomic E-state index is -0.148. The van der Waals surface area contributed by atoms with Crippen LogP contribution in [0.1, 0.15) is 30.3 Å². The van der Waals surface area contributed by atoms with E-state index < -0.39 is 0 Å². The third-order valence-electron chi connectivity index (χ3n) is 3.41. The van der Waals surface area contributed by atoms with Gasteiger partial charge < -0.3 is 11.1 Å². The first-order chi connectivity index (χ1) is 8.70. The Kier molecular flexibility index (Phi) is 6.05. The van der Waals surface area contributed by atoms with Crippen molar-refractivity contribution in [3.05, 3.63) is 23.9 Å². The first-order valence-electron chi connectivity index (χ1n) is 6.45. The molecule has 1 aromatic rings. The molecular weight excluding hydrogens is 264 g/mol. The summed E-state index contributed by atoms with van der Waals surface area (Å²) in [5.74, 6) is 0.226. The highest BCUT2D eigenvalue weighted by Gasteiger charge is 2.23. The molecule has 0 saturated carbocycles.